The van der Waals surface area contributed by atoms with Crippen LogP contribution in [0.1, 0.15) is 15.9 Å². The molecular formula is C16H13ClN4O5. The summed E-state index contributed by atoms with van der Waals surface area (Å²) in [6, 6.07) is 9.77. The minimum Gasteiger partial charge on any atom is -0.502 e. The molecule has 3 N–H and O–H groups in total. The van der Waals surface area contributed by atoms with Gasteiger partial charge in [0.15, 0.2) is 5.75 Å². The van der Waals surface area contributed by atoms with Crippen LogP contribution in [0.4, 0.5) is 5.69 Å². The van der Waals surface area contributed by atoms with Gasteiger partial charge in [0.25, 0.3) is 11.8 Å². The molecule has 10 heteroatoms. The van der Waals surface area contributed by atoms with Crippen molar-refractivity contribution < 1.29 is 19.6 Å². The number of hydrazone groups is 1. The molecule has 0 radical (unpaired) electrons. The summed E-state index contributed by atoms with van der Waals surface area (Å²) in [5, 5.41) is 26.6. The molecule has 0 spiro atoms. The Kier molecular flexibility index (Phi) is 6.23. The fourth-order valence-electron chi connectivity index (χ4n) is 1.86. The first-order valence-electron chi connectivity index (χ1n) is 7.20. The molecule has 9 nitrogen and oxygen atoms in total. The average Bonchev–Trinajstić information content (AvgIpc) is 2.60. The van der Waals surface area contributed by atoms with Crippen molar-refractivity contribution in [3.05, 3.63) is 68.7 Å². The third kappa shape index (κ3) is 5.28. The van der Waals surface area contributed by atoms with E-state index < -0.39 is 28.2 Å². The number of nitro benzene ring substituents is 1. The summed E-state index contributed by atoms with van der Waals surface area (Å²) >= 11 is 5.72. The predicted octanol–water partition coefficient (Wildman–Crippen LogP) is 1.83. The Labute approximate surface area is 152 Å². The van der Waals surface area contributed by atoms with Crippen molar-refractivity contribution in [1.29, 1.82) is 0 Å². The lowest BCUT2D eigenvalue weighted by molar-refractivity contribution is -0.385. The molecule has 0 saturated heterocycles. The van der Waals surface area contributed by atoms with Crippen LogP contribution in [0.25, 0.3) is 0 Å². The van der Waals surface area contributed by atoms with Crippen molar-refractivity contribution in [2.45, 2.75) is 0 Å². The molecule has 0 bridgehead atoms. The summed E-state index contributed by atoms with van der Waals surface area (Å²) < 4.78 is 0. The molecule has 0 unspecified atom stereocenters. The van der Waals surface area contributed by atoms with Crippen LogP contribution in [-0.4, -0.2) is 34.6 Å². The van der Waals surface area contributed by atoms with Crippen LogP contribution in [0.5, 0.6) is 5.75 Å². The summed E-state index contributed by atoms with van der Waals surface area (Å²) in [4.78, 5) is 33.3. The molecule has 2 aromatic rings. The highest BCUT2D eigenvalue weighted by molar-refractivity contribution is 6.30. The molecule has 2 amide bonds. The molecule has 0 heterocycles. The van der Waals surface area contributed by atoms with E-state index in [2.05, 4.69) is 15.8 Å². The smallest absolute Gasteiger partial charge is 0.310 e. The Hall–Kier alpha value is -3.46. The zero-order chi connectivity index (χ0) is 19.1. The summed E-state index contributed by atoms with van der Waals surface area (Å²) in [5.74, 6) is -1.53. The number of nitrogens with zero attached hydrogens (tertiary/aromatic N) is 2. The van der Waals surface area contributed by atoms with Crippen LogP contribution < -0.4 is 10.7 Å². The molecular weight excluding hydrogens is 364 g/mol. The number of carbonyl (C=O) groups is 2. The van der Waals surface area contributed by atoms with Gasteiger partial charge in [0, 0.05) is 16.7 Å². The van der Waals surface area contributed by atoms with Crippen LogP contribution in [-0.2, 0) is 4.79 Å². The molecule has 0 aromatic heterocycles. The number of amides is 2. The van der Waals surface area contributed by atoms with Gasteiger partial charge in [0.2, 0.25) is 0 Å². The van der Waals surface area contributed by atoms with E-state index in [0.717, 1.165) is 12.1 Å². The zero-order valence-corrected chi connectivity index (χ0v) is 13.9. The third-order valence-electron chi connectivity index (χ3n) is 3.11. The predicted molar refractivity (Wildman–Crippen MR) is 94.3 cm³/mol. The van der Waals surface area contributed by atoms with Gasteiger partial charge in [0.05, 0.1) is 17.7 Å². The molecule has 0 aliphatic heterocycles. The summed E-state index contributed by atoms with van der Waals surface area (Å²) in [7, 11) is 0. The second-order valence-electron chi connectivity index (χ2n) is 4.99. The molecule has 2 aromatic carbocycles. The minimum absolute atomic E-state index is 0.301. The van der Waals surface area contributed by atoms with Crippen LogP contribution in [0.3, 0.4) is 0 Å². The zero-order valence-electron chi connectivity index (χ0n) is 13.2. The molecule has 134 valence electrons. The van der Waals surface area contributed by atoms with Gasteiger partial charge in [-0.2, -0.15) is 5.10 Å². The number of rotatable bonds is 6. The minimum atomic E-state index is -0.721. The number of hydrogen-bond donors (Lipinski definition) is 3. The topological polar surface area (TPSA) is 134 Å². The van der Waals surface area contributed by atoms with Crippen LogP contribution in [0.15, 0.2) is 47.6 Å². The van der Waals surface area contributed by atoms with Crippen molar-refractivity contribution in [3.63, 3.8) is 0 Å². The van der Waals surface area contributed by atoms with E-state index in [4.69, 9.17) is 11.6 Å². The fraction of sp³-hybridized carbons (Fsp3) is 0.0625. The highest BCUT2D eigenvalue weighted by Gasteiger charge is 2.12. The second-order valence-corrected chi connectivity index (χ2v) is 5.42. The number of aromatic hydroxyl groups is 1. The fourth-order valence-corrected chi connectivity index (χ4v) is 1.98. The molecule has 0 fully saturated rings. The van der Waals surface area contributed by atoms with Crippen LogP contribution in [0.2, 0.25) is 5.02 Å². The molecule has 2 rings (SSSR count). The Morgan fingerprint density at radius 1 is 1.23 bits per heavy atom. The SMILES string of the molecule is O=C(CNC(=O)c1ccc(Cl)cc1)N/N=C/c1ccc([N+](=O)[O-])c(O)c1. The van der Waals surface area contributed by atoms with Crippen molar-refractivity contribution in [3.8, 4) is 5.75 Å². The lowest BCUT2D eigenvalue weighted by Gasteiger charge is -2.04. The van der Waals surface area contributed by atoms with Crippen molar-refractivity contribution in [2.24, 2.45) is 5.10 Å². The maximum Gasteiger partial charge on any atom is 0.310 e. The molecule has 26 heavy (non-hydrogen) atoms. The summed E-state index contributed by atoms with van der Waals surface area (Å²) in [5.41, 5.74) is 2.45. The van der Waals surface area contributed by atoms with E-state index in [-0.39, 0.29) is 6.54 Å². The maximum absolute atomic E-state index is 11.8. The van der Waals surface area contributed by atoms with E-state index in [9.17, 15) is 24.8 Å². The van der Waals surface area contributed by atoms with E-state index in [1.165, 1.54) is 24.4 Å². The number of carbonyl (C=O) groups excluding carboxylic acids is 2. The Morgan fingerprint density at radius 3 is 2.54 bits per heavy atom. The van der Waals surface area contributed by atoms with Gasteiger partial charge in [-0.25, -0.2) is 5.43 Å². The first-order valence-corrected chi connectivity index (χ1v) is 7.57. The highest BCUT2D eigenvalue weighted by Crippen LogP contribution is 2.25. The molecule has 0 aliphatic carbocycles. The lowest BCUT2D eigenvalue weighted by atomic mass is 10.2. The number of nitrogens with one attached hydrogen (secondary N) is 2. The van der Waals surface area contributed by atoms with Gasteiger partial charge in [-0.3, -0.25) is 19.7 Å². The van der Waals surface area contributed by atoms with Gasteiger partial charge in [-0.15, -0.1) is 0 Å². The van der Waals surface area contributed by atoms with Gasteiger partial charge >= 0.3 is 5.69 Å². The van der Waals surface area contributed by atoms with Crippen molar-refractivity contribution >= 4 is 35.3 Å². The maximum atomic E-state index is 11.8. The Bertz CT molecular complexity index is 867. The van der Waals surface area contributed by atoms with Crippen LogP contribution >= 0.6 is 11.6 Å². The van der Waals surface area contributed by atoms with Gasteiger partial charge < -0.3 is 10.4 Å². The van der Waals surface area contributed by atoms with E-state index in [0.29, 0.717) is 16.1 Å². The normalized spacial score (nSPS) is 10.5. The molecule has 0 aliphatic rings. The molecule has 0 atom stereocenters. The number of phenolic OH excluding ortho intramolecular Hbond substituents is 1. The average molecular weight is 377 g/mol. The van der Waals surface area contributed by atoms with Crippen LogP contribution in [0, 0.1) is 10.1 Å². The number of phenols is 1. The largest absolute Gasteiger partial charge is 0.502 e. The standard InChI is InChI=1S/C16H13ClN4O5/c17-12-4-2-11(3-5-12)16(24)18-9-15(23)20-19-8-10-1-6-13(21(25)26)14(22)7-10/h1-8,22H,9H2,(H,18,24)(H,20,23)/b19-8+. The number of nitro groups is 1. The monoisotopic (exact) mass is 376 g/mol. The first-order chi connectivity index (χ1) is 12.4. The van der Waals surface area contributed by atoms with Crippen molar-refractivity contribution in [1.82, 2.24) is 10.7 Å². The molecule has 0 saturated carbocycles. The number of benzene rings is 2. The third-order valence-corrected chi connectivity index (χ3v) is 3.37. The van der Waals surface area contributed by atoms with E-state index >= 15 is 0 Å². The van der Waals surface area contributed by atoms with E-state index in [1.54, 1.807) is 12.1 Å². The van der Waals surface area contributed by atoms with Gasteiger partial charge in [-0.05, 0) is 42.0 Å². The van der Waals surface area contributed by atoms with Gasteiger partial charge in [-0.1, -0.05) is 11.6 Å². The lowest BCUT2D eigenvalue weighted by Crippen LogP contribution is -2.34. The number of halogens is 1. The first kappa shape index (κ1) is 18.9. The summed E-state index contributed by atoms with van der Waals surface area (Å²) in [6.45, 7) is -0.301. The van der Waals surface area contributed by atoms with Gasteiger partial charge in [0.1, 0.15) is 0 Å². The highest BCUT2D eigenvalue weighted by atomic mass is 35.5. The summed E-state index contributed by atoms with van der Waals surface area (Å²) in [6.07, 6.45) is 1.20. The Balaban J connectivity index is 1.83. The van der Waals surface area contributed by atoms with E-state index in [1.807, 2.05) is 0 Å². The quantitative estimate of drug-likeness (QED) is 0.401. The van der Waals surface area contributed by atoms with Crippen molar-refractivity contribution in [2.75, 3.05) is 6.54 Å². The Morgan fingerprint density at radius 2 is 1.92 bits per heavy atom. The second kappa shape index (κ2) is 8.58. The number of hydrogen-bond acceptors (Lipinski definition) is 6.